The van der Waals surface area contributed by atoms with Crippen LogP contribution in [-0.2, 0) is 16.0 Å². The predicted octanol–water partition coefficient (Wildman–Crippen LogP) is 0.681. The summed E-state index contributed by atoms with van der Waals surface area (Å²) in [5.41, 5.74) is 2.61. The molecule has 2 rings (SSSR count). The Bertz CT molecular complexity index is 528. The molecule has 1 atom stereocenters. The van der Waals surface area contributed by atoms with Crippen LogP contribution in [0.3, 0.4) is 0 Å². The first-order valence-electron chi connectivity index (χ1n) is 6.82. The van der Waals surface area contributed by atoms with E-state index in [1.54, 1.807) is 45.0 Å². The van der Waals surface area contributed by atoms with Gasteiger partial charge in [-0.2, -0.15) is 5.48 Å². The molecule has 0 radical (unpaired) electrons. The van der Waals surface area contributed by atoms with E-state index < -0.39 is 24.0 Å². The number of hydroxylamine groups is 1. The van der Waals surface area contributed by atoms with Crippen molar-refractivity contribution >= 4 is 13.1 Å². The Kier molecular flexibility index (Phi) is 4.27. The molecule has 1 aromatic rings. The molecule has 0 saturated heterocycles. The van der Waals surface area contributed by atoms with Crippen LogP contribution in [-0.4, -0.2) is 35.3 Å². The van der Waals surface area contributed by atoms with Crippen molar-refractivity contribution in [2.45, 2.75) is 38.1 Å². The molecule has 1 aliphatic rings. The summed E-state index contributed by atoms with van der Waals surface area (Å²) < 4.78 is 5.36. The fraction of sp³-hybridized carbons (Fsp3) is 0.500. The Labute approximate surface area is 124 Å². The fourth-order valence-corrected chi connectivity index (χ4v) is 2.21. The summed E-state index contributed by atoms with van der Waals surface area (Å²) in [4.78, 5) is 17.9. The van der Waals surface area contributed by atoms with Crippen molar-refractivity contribution in [2.75, 3.05) is 6.54 Å². The van der Waals surface area contributed by atoms with Gasteiger partial charge in [-0.3, -0.25) is 4.79 Å². The largest absolute Gasteiger partial charge is 0.471 e. The average molecular weight is 293 g/mol. The van der Waals surface area contributed by atoms with Gasteiger partial charge in [0.2, 0.25) is 0 Å². The first-order chi connectivity index (χ1) is 9.74. The summed E-state index contributed by atoms with van der Waals surface area (Å²) in [5, 5.41) is 18.1. The van der Waals surface area contributed by atoms with Gasteiger partial charge in [0.25, 0.3) is 0 Å². The Morgan fingerprint density at radius 3 is 2.67 bits per heavy atom. The molecule has 0 amide bonds. The van der Waals surface area contributed by atoms with Crippen molar-refractivity contribution in [2.24, 2.45) is 0 Å². The third-order valence-electron chi connectivity index (χ3n) is 3.35. The van der Waals surface area contributed by atoms with Gasteiger partial charge in [-0.15, -0.1) is 0 Å². The third-order valence-corrected chi connectivity index (χ3v) is 3.35. The van der Waals surface area contributed by atoms with E-state index in [9.17, 15) is 14.8 Å². The quantitative estimate of drug-likeness (QED) is 0.549. The Hall–Kier alpha value is -1.57. The van der Waals surface area contributed by atoms with Crippen molar-refractivity contribution < 1.29 is 24.4 Å². The molecule has 0 bridgehead atoms. The van der Waals surface area contributed by atoms with Gasteiger partial charge in [0.05, 0.1) is 0 Å². The minimum atomic E-state index is -1.87. The van der Waals surface area contributed by atoms with E-state index in [4.69, 9.17) is 9.57 Å². The number of esters is 1. The molecule has 114 valence electrons. The number of ether oxygens (including phenoxy) is 1. The maximum Gasteiger partial charge on any atom is 0.471 e. The van der Waals surface area contributed by atoms with Gasteiger partial charge < -0.3 is 19.6 Å². The maximum absolute atomic E-state index is 12.5. The first kappa shape index (κ1) is 15.8. The van der Waals surface area contributed by atoms with E-state index in [1.165, 1.54) is 0 Å². The number of carbonyl (C=O) groups is 1. The molecule has 3 N–H and O–H groups in total. The van der Waals surface area contributed by atoms with Crippen LogP contribution in [0.5, 0.6) is 5.75 Å². The van der Waals surface area contributed by atoms with Crippen molar-refractivity contribution in [3.8, 4) is 5.75 Å². The van der Waals surface area contributed by atoms with E-state index >= 15 is 0 Å². The van der Waals surface area contributed by atoms with Crippen molar-refractivity contribution in [1.82, 2.24) is 5.48 Å². The summed E-state index contributed by atoms with van der Waals surface area (Å²) in [5.74, 6) is -0.110. The van der Waals surface area contributed by atoms with E-state index in [0.717, 1.165) is 0 Å². The van der Waals surface area contributed by atoms with Gasteiger partial charge in [-0.1, -0.05) is 18.2 Å². The summed E-state index contributed by atoms with van der Waals surface area (Å²) in [7, 11) is -1.87. The van der Waals surface area contributed by atoms with Gasteiger partial charge >= 0.3 is 13.1 Å². The normalized spacial score (nSPS) is 21.8. The van der Waals surface area contributed by atoms with Crippen LogP contribution < -0.4 is 10.3 Å². The maximum atomic E-state index is 12.5. The van der Waals surface area contributed by atoms with Crippen molar-refractivity contribution in [3.05, 3.63) is 29.8 Å². The third kappa shape index (κ3) is 3.37. The number of rotatable bonds is 2. The molecular formula is C14H20BNO5. The highest BCUT2D eigenvalue weighted by atomic mass is 16.6. The summed E-state index contributed by atoms with van der Waals surface area (Å²) in [6.45, 7) is 5.14. The number of hydrogen-bond donors (Lipinski definition) is 3. The van der Waals surface area contributed by atoms with Crippen LogP contribution in [0.25, 0.3) is 0 Å². The molecule has 0 spiro atoms. The van der Waals surface area contributed by atoms with Crippen LogP contribution >= 0.6 is 0 Å². The number of fused-ring (bicyclic) bond motifs is 1. The molecule has 0 fully saturated rings. The van der Waals surface area contributed by atoms with Gasteiger partial charge in [-0.05, 0) is 38.8 Å². The van der Waals surface area contributed by atoms with Crippen LogP contribution in [0.4, 0.5) is 0 Å². The standard InChI is InChI=1S/C14H20BNO5/c1-13(2,3)20-12(17)14(15(18)19)8-10-6-4-5-7-11(10)21-16-9-14/h4-7,16,18-19H,8-9H2,1-3H3. The first-order valence-corrected chi connectivity index (χ1v) is 6.82. The van der Waals surface area contributed by atoms with Crippen molar-refractivity contribution in [1.29, 1.82) is 0 Å². The van der Waals surface area contributed by atoms with Gasteiger partial charge in [0, 0.05) is 6.54 Å². The highest BCUT2D eigenvalue weighted by Gasteiger charge is 2.52. The van der Waals surface area contributed by atoms with Crippen LogP contribution in [0, 0.1) is 0 Å². The lowest BCUT2D eigenvalue weighted by Gasteiger charge is -2.32. The van der Waals surface area contributed by atoms with Gasteiger partial charge in [0.15, 0.2) is 0 Å². The van der Waals surface area contributed by atoms with E-state index in [-0.39, 0.29) is 13.0 Å². The Morgan fingerprint density at radius 2 is 2.05 bits per heavy atom. The molecule has 1 aromatic carbocycles. The molecule has 1 unspecified atom stereocenters. The number of hydrogen-bond acceptors (Lipinski definition) is 6. The van der Waals surface area contributed by atoms with E-state index in [2.05, 4.69) is 5.48 Å². The molecule has 1 aliphatic heterocycles. The smallest absolute Gasteiger partial charge is 0.460 e. The summed E-state index contributed by atoms with van der Waals surface area (Å²) in [6, 6.07) is 7.13. The number of nitrogens with one attached hydrogen (secondary N) is 1. The fourth-order valence-electron chi connectivity index (χ4n) is 2.21. The lowest BCUT2D eigenvalue weighted by Crippen LogP contribution is -2.50. The Balaban J connectivity index is 2.37. The lowest BCUT2D eigenvalue weighted by molar-refractivity contribution is -0.160. The molecule has 7 heteroatoms. The average Bonchev–Trinajstić information content (AvgIpc) is 2.56. The highest BCUT2D eigenvalue weighted by Crippen LogP contribution is 2.39. The van der Waals surface area contributed by atoms with Crippen LogP contribution in [0.15, 0.2) is 24.3 Å². The second-order valence-electron chi connectivity index (χ2n) is 6.24. The molecule has 6 nitrogen and oxygen atoms in total. The highest BCUT2D eigenvalue weighted by molar-refractivity contribution is 6.52. The second kappa shape index (κ2) is 5.67. The lowest BCUT2D eigenvalue weighted by atomic mass is 9.55. The molecular weight excluding hydrogens is 273 g/mol. The number of para-hydroxylation sites is 1. The van der Waals surface area contributed by atoms with Crippen LogP contribution in [0.2, 0.25) is 5.31 Å². The molecule has 21 heavy (non-hydrogen) atoms. The minimum Gasteiger partial charge on any atom is -0.460 e. The minimum absolute atomic E-state index is 0.0613. The van der Waals surface area contributed by atoms with Crippen molar-refractivity contribution in [3.63, 3.8) is 0 Å². The van der Waals surface area contributed by atoms with E-state index in [1.807, 2.05) is 0 Å². The zero-order valence-electron chi connectivity index (χ0n) is 12.4. The Morgan fingerprint density at radius 1 is 1.38 bits per heavy atom. The number of benzene rings is 1. The molecule has 1 heterocycles. The predicted molar refractivity (Wildman–Crippen MR) is 77.5 cm³/mol. The summed E-state index contributed by atoms with van der Waals surface area (Å²) in [6.07, 6.45) is 0.114. The second-order valence-corrected chi connectivity index (χ2v) is 6.24. The van der Waals surface area contributed by atoms with Gasteiger partial charge in [0.1, 0.15) is 16.7 Å². The topological polar surface area (TPSA) is 88.0 Å². The van der Waals surface area contributed by atoms with Crippen LogP contribution in [0.1, 0.15) is 26.3 Å². The monoisotopic (exact) mass is 293 g/mol. The molecule has 0 aliphatic carbocycles. The molecule has 0 saturated carbocycles. The van der Waals surface area contributed by atoms with E-state index in [0.29, 0.717) is 11.3 Å². The van der Waals surface area contributed by atoms with Gasteiger partial charge in [-0.25, -0.2) is 0 Å². The SMILES string of the molecule is CC(C)(C)OC(=O)C1(B(O)O)CNOc2ccccc2C1. The zero-order chi connectivity index (χ0) is 15.7. The number of carbonyl (C=O) groups excluding carboxylic acids is 1. The zero-order valence-corrected chi connectivity index (χ0v) is 12.4. The summed E-state index contributed by atoms with van der Waals surface area (Å²) >= 11 is 0. The molecule has 0 aromatic heterocycles.